The lowest BCUT2D eigenvalue weighted by Crippen LogP contribution is -2.10. The average molecular weight is 497 g/mol. The van der Waals surface area contributed by atoms with E-state index in [4.69, 9.17) is 9.47 Å². The highest BCUT2D eigenvalue weighted by Crippen LogP contribution is 2.36. The van der Waals surface area contributed by atoms with Crippen molar-refractivity contribution in [3.63, 3.8) is 0 Å². The summed E-state index contributed by atoms with van der Waals surface area (Å²) in [5, 5.41) is 8.50. The number of nitrogens with zero attached hydrogens (tertiary/aromatic N) is 5. The van der Waals surface area contributed by atoms with Crippen LogP contribution in [0.1, 0.15) is 44.2 Å². The molecule has 0 saturated heterocycles. The summed E-state index contributed by atoms with van der Waals surface area (Å²) in [6.45, 7) is 9.21. The maximum absolute atomic E-state index is 6.37. The fourth-order valence-electron chi connectivity index (χ4n) is 4.33. The zero-order chi connectivity index (χ0) is 25.8. The van der Waals surface area contributed by atoms with Crippen molar-refractivity contribution in [2.75, 3.05) is 11.9 Å². The molecular weight excluding hydrogens is 464 g/mol. The van der Waals surface area contributed by atoms with Gasteiger partial charge in [0, 0.05) is 18.0 Å². The third kappa shape index (κ3) is 5.48. The lowest BCUT2D eigenvalue weighted by Gasteiger charge is -2.18. The van der Waals surface area contributed by atoms with Gasteiger partial charge in [0.15, 0.2) is 5.65 Å². The molecule has 5 rings (SSSR count). The van der Waals surface area contributed by atoms with Crippen molar-refractivity contribution in [2.45, 2.75) is 47.0 Å². The smallest absolute Gasteiger partial charge is 0.158 e. The van der Waals surface area contributed by atoms with Gasteiger partial charge in [0.1, 0.15) is 35.7 Å². The molecule has 1 N–H and O–H groups in total. The van der Waals surface area contributed by atoms with Crippen LogP contribution in [-0.2, 0) is 0 Å². The van der Waals surface area contributed by atoms with Crippen molar-refractivity contribution in [1.29, 1.82) is 0 Å². The maximum Gasteiger partial charge on any atom is 0.158 e. The topological polar surface area (TPSA) is 86.5 Å². The van der Waals surface area contributed by atoms with E-state index in [-0.39, 0.29) is 0 Å². The molecule has 1 unspecified atom stereocenters. The van der Waals surface area contributed by atoms with E-state index in [2.05, 4.69) is 52.2 Å². The molecule has 37 heavy (non-hydrogen) atoms. The zero-order valence-corrected chi connectivity index (χ0v) is 21.7. The molecule has 0 amide bonds. The number of anilines is 2. The predicted octanol–water partition coefficient (Wildman–Crippen LogP) is 7.03. The van der Waals surface area contributed by atoms with Gasteiger partial charge in [0.2, 0.25) is 0 Å². The number of nitrogens with one attached hydrogen (secondary N) is 1. The quantitative estimate of drug-likeness (QED) is 0.222. The fraction of sp³-hybridized carbons (Fsp3) is 0.310. The average Bonchev–Trinajstić information content (AvgIpc) is 3.37. The minimum Gasteiger partial charge on any atom is -0.492 e. The molecule has 3 aromatic heterocycles. The van der Waals surface area contributed by atoms with Crippen LogP contribution in [-0.4, -0.2) is 31.2 Å². The Bertz CT molecular complexity index is 1530. The molecule has 0 fully saturated rings. The van der Waals surface area contributed by atoms with E-state index in [9.17, 15) is 0 Å². The van der Waals surface area contributed by atoms with Crippen molar-refractivity contribution in [3.05, 3.63) is 72.4 Å². The summed E-state index contributed by atoms with van der Waals surface area (Å²) in [6.07, 6.45) is 8.49. The summed E-state index contributed by atoms with van der Waals surface area (Å²) in [5.41, 5.74) is 4.54. The first kappa shape index (κ1) is 24.5. The largest absolute Gasteiger partial charge is 0.492 e. The fourth-order valence-corrected chi connectivity index (χ4v) is 4.33. The predicted molar refractivity (Wildman–Crippen MR) is 146 cm³/mol. The second-order valence-corrected chi connectivity index (χ2v) is 9.52. The molecule has 0 aliphatic heterocycles. The number of hydrogen-bond acceptors (Lipinski definition) is 7. The number of benzene rings is 2. The molecule has 0 saturated carbocycles. The summed E-state index contributed by atoms with van der Waals surface area (Å²) in [4.78, 5) is 13.3. The highest BCUT2D eigenvalue weighted by Gasteiger charge is 2.15. The van der Waals surface area contributed by atoms with Crippen LogP contribution in [0.15, 0.2) is 61.3 Å². The van der Waals surface area contributed by atoms with Gasteiger partial charge in [0.25, 0.3) is 0 Å². The molecular formula is C29H32N6O2. The third-order valence-electron chi connectivity index (χ3n) is 6.43. The number of aromatic nitrogens is 5. The Morgan fingerprint density at radius 2 is 1.86 bits per heavy atom. The van der Waals surface area contributed by atoms with Gasteiger partial charge in [-0.3, -0.25) is 0 Å². The number of aryl methyl sites for hydroxylation is 2. The Labute approximate surface area is 216 Å². The first-order valence-electron chi connectivity index (χ1n) is 12.7. The van der Waals surface area contributed by atoms with Gasteiger partial charge >= 0.3 is 0 Å². The highest BCUT2D eigenvalue weighted by molar-refractivity contribution is 5.96. The molecule has 0 aliphatic rings. The Balaban J connectivity index is 1.38. The van der Waals surface area contributed by atoms with Gasteiger partial charge in [-0.2, -0.15) is 5.10 Å². The molecule has 8 nitrogen and oxygen atoms in total. The second kappa shape index (κ2) is 10.8. The van der Waals surface area contributed by atoms with Crippen LogP contribution >= 0.6 is 0 Å². The molecule has 3 heterocycles. The standard InChI is InChI=1S/C29H32N6O2/c1-5-6-7-19(2)16-36-28-20(3)8-10-24-27(28)29(32-17-30-24)34-22-9-11-25(21(4)14-22)37-23-12-13-35-26(15-23)31-18-33-35/h8-15,17-19H,5-7,16H2,1-4H3,(H,30,32,34). The third-order valence-corrected chi connectivity index (χ3v) is 6.43. The van der Waals surface area contributed by atoms with E-state index in [1.54, 1.807) is 10.8 Å². The SMILES string of the molecule is CCCCC(C)COc1c(C)ccc2ncnc(Nc3ccc(Oc4ccn5ncnc5c4)c(C)c3)c12. The minimum atomic E-state index is 0.483. The van der Waals surface area contributed by atoms with Crippen LogP contribution in [0.25, 0.3) is 16.6 Å². The van der Waals surface area contributed by atoms with Gasteiger partial charge in [-0.05, 0) is 67.6 Å². The molecule has 5 aromatic rings. The number of pyridine rings is 1. The van der Waals surface area contributed by atoms with Crippen molar-refractivity contribution in [1.82, 2.24) is 24.6 Å². The number of rotatable bonds is 10. The second-order valence-electron chi connectivity index (χ2n) is 9.52. The first-order valence-corrected chi connectivity index (χ1v) is 12.7. The zero-order valence-electron chi connectivity index (χ0n) is 21.7. The van der Waals surface area contributed by atoms with Gasteiger partial charge in [-0.25, -0.2) is 19.5 Å². The van der Waals surface area contributed by atoms with E-state index >= 15 is 0 Å². The van der Waals surface area contributed by atoms with Crippen LogP contribution in [0.2, 0.25) is 0 Å². The van der Waals surface area contributed by atoms with Crippen LogP contribution in [0.4, 0.5) is 11.5 Å². The van der Waals surface area contributed by atoms with Crippen LogP contribution in [0.5, 0.6) is 17.2 Å². The Kier molecular flexibility index (Phi) is 7.16. The minimum absolute atomic E-state index is 0.483. The summed E-state index contributed by atoms with van der Waals surface area (Å²) >= 11 is 0. The Morgan fingerprint density at radius 1 is 0.973 bits per heavy atom. The van der Waals surface area contributed by atoms with E-state index in [0.717, 1.165) is 57.1 Å². The molecule has 0 bridgehead atoms. The van der Waals surface area contributed by atoms with E-state index in [1.165, 1.54) is 19.2 Å². The normalized spacial score (nSPS) is 12.1. The summed E-state index contributed by atoms with van der Waals surface area (Å²) in [7, 11) is 0. The summed E-state index contributed by atoms with van der Waals surface area (Å²) in [6, 6.07) is 13.8. The van der Waals surface area contributed by atoms with Gasteiger partial charge in [0.05, 0.1) is 17.5 Å². The molecule has 1 atom stereocenters. The van der Waals surface area contributed by atoms with E-state index < -0.39 is 0 Å². The summed E-state index contributed by atoms with van der Waals surface area (Å²) < 4.78 is 14.2. The molecule has 2 aromatic carbocycles. The monoisotopic (exact) mass is 496 g/mol. The van der Waals surface area contributed by atoms with Gasteiger partial charge < -0.3 is 14.8 Å². The lowest BCUT2D eigenvalue weighted by atomic mass is 10.1. The van der Waals surface area contributed by atoms with Crippen LogP contribution in [0.3, 0.4) is 0 Å². The molecule has 0 aliphatic carbocycles. The van der Waals surface area contributed by atoms with Crippen molar-refractivity contribution < 1.29 is 9.47 Å². The molecule has 0 radical (unpaired) electrons. The lowest BCUT2D eigenvalue weighted by molar-refractivity contribution is 0.251. The number of unbranched alkanes of at least 4 members (excludes halogenated alkanes) is 1. The summed E-state index contributed by atoms with van der Waals surface area (Å²) in [5.74, 6) is 3.51. The first-order chi connectivity index (χ1) is 18.0. The van der Waals surface area contributed by atoms with Gasteiger partial charge in [-0.1, -0.05) is 32.8 Å². The maximum atomic E-state index is 6.37. The molecule has 190 valence electrons. The molecule has 0 spiro atoms. The van der Waals surface area contributed by atoms with Gasteiger partial charge in [-0.15, -0.1) is 0 Å². The van der Waals surface area contributed by atoms with E-state index in [0.29, 0.717) is 18.3 Å². The highest BCUT2D eigenvalue weighted by atomic mass is 16.5. The Hall–Kier alpha value is -4.20. The number of fused-ring (bicyclic) bond motifs is 2. The van der Waals surface area contributed by atoms with Crippen molar-refractivity contribution in [3.8, 4) is 17.2 Å². The van der Waals surface area contributed by atoms with E-state index in [1.807, 2.05) is 49.5 Å². The molecule has 8 heteroatoms. The van der Waals surface area contributed by atoms with Crippen molar-refractivity contribution >= 4 is 28.1 Å². The number of hydrogen-bond donors (Lipinski definition) is 1. The number of ether oxygens (including phenoxy) is 2. The van der Waals surface area contributed by atoms with Crippen LogP contribution in [0, 0.1) is 19.8 Å². The van der Waals surface area contributed by atoms with Crippen molar-refractivity contribution in [2.24, 2.45) is 5.92 Å². The van der Waals surface area contributed by atoms with Crippen LogP contribution < -0.4 is 14.8 Å². The Morgan fingerprint density at radius 3 is 2.70 bits per heavy atom.